The zero-order valence-electron chi connectivity index (χ0n) is 37.3. The van der Waals surface area contributed by atoms with E-state index in [9.17, 15) is 0 Å². The molecule has 1 aromatic heterocycles. The minimum absolute atomic E-state index is 0.162. The van der Waals surface area contributed by atoms with E-state index in [2.05, 4.69) is 228 Å². The van der Waals surface area contributed by atoms with Gasteiger partial charge in [0.15, 0.2) is 0 Å². The Balaban J connectivity index is 1.15. The number of anilines is 3. The zero-order valence-corrected chi connectivity index (χ0v) is 37.3. The molecule has 9 aromatic carbocycles. The molecule has 0 spiro atoms. The second-order valence-corrected chi connectivity index (χ2v) is 18.6. The molecule has 0 aliphatic heterocycles. The average molecular weight is 824 g/mol. The maximum atomic E-state index is 6.55. The summed E-state index contributed by atoms with van der Waals surface area (Å²) in [5.74, 6) is 0. The van der Waals surface area contributed by atoms with Gasteiger partial charge in [0.1, 0.15) is 11.2 Å². The van der Waals surface area contributed by atoms with Crippen molar-refractivity contribution in [1.82, 2.24) is 0 Å². The molecule has 2 aliphatic rings. The van der Waals surface area contributed by atoms with Crippen LogP contribution in [0.1, 0.15) is 69.5 Å². The van der Waals surface area contributed by atoms with Crippen molar-refractivity contribution in [2.75, 3.05) is 4.90 Å². The van der Waals surface area contributed by atoms with Crippen molar-refractivity contribution in [3.05, 3.63) is 244 Å². The van der Waals surface area contributed by atoms with E-state index < -0.39 is 5.41 Å². The van der Waals surface area contributed by atoms with Crippen molar-refractivity contribution < 1.29 is 4.42 Å². The van der Waals surface area contributed by atoms with Gasteiger partial charge in [-0.05, 0) is 142 Å². The molecule has 0 N–H and O–H groups in total. The number of benzene rings is 9. The Morgan fingerprint density at radius 1 is 0.438 bits per heavy atom. The summed E-state index contributed by atoms with van der Waals surface area (Å²) in [5, 5.41) is 2.27. The Hall–Kier alpha value is -7.42. The largest absolute Gasteiger partial charge is 0.455 e. The number of fused-ring (bicyclic) bond motifs is 9. The first-order chi connectivity index (χ1) is 31.2. The standard InChI is InChI=1S/C62H49NO/c1-38-28-34-52-57-55(36-39(2)41(4)59(57)62(58(52)40(38)3,43-18-9-7-10-19-43)44-20-11-8-12-21-44)63(46-33-35-49-48-22-13-15-26-53(48)61(5,6)54(49)37-46)45-31-29-42(30-32-45)47-24-17-25-51-50-23-14-16-27-56(50)64-60(47)51/h7-37H,1-6H3. The Morgan fingerprint density at radius 3 is 1.78 bits per heavy atom. The van der Waals surface area contributed by atoms with Crippen molar-refractivity contribution in [1.29, 1.82) is 0 Å². The molecule has 64 heavy (non-hydrogen) atoms. The van der Waals surface area contributed by atoms with Crippen LogP contribution in [0.5, 0.6) is 0 Å². The van der Waals surface area contributed by atoms with E-state index >= 15 is 0 Å². The normalized spacial score (nSPS) is 14.0. The van der Waals surface area contributed by atoms with Gasteiger partial charge in [0, 0.05) is 38.7 Å². The van der Waals surface area contributed by atoms with Crippen LogP contribution in [-0.2, 0) is 10.8 Å². The smallest absolute Gasteiger partial charge is 0.143 e. The van der Waals surface area contributed by atoms with Gasteiger partial charge in [-0.15, -0.1) is 0 Å². The molecule has 12 rings (SSSR count). The van der Waals surface area contributed by atoms with Gasteiger partial charge in [0.2, 0.25) is 0 Å². The first-order valence-electron chi connectivity index (χ1n) is 22.6. The molecule has 0 saturated heterocycles. The van der Waals surface area contributed by atoms with Crippen molar-refractivity contribution in [3.63, 3.8) is 0 Å². The first kappa shape index (κ1) is 38.3. The zero-order chi connectivity index (χ0) is 43.5. The van der Waals surface area contributed by atoms with Crippen LogP contribution in [0.2, 0.25) is 0 Å². The summed E-state index contributed by atoms with van der Waals surface area (Å²) in [5.41, 5.74) is 25.2. The first-order valence-corrected chi connectivity index (χ1v) is 22.6. The lowest BCUT2D eigenvalue weighted by Gasteiger charge is -2.37. The number of hydrogen-bond acceptors (Lipinski definition) is 2. The molecule has 0 unspecified atom stereocenters. The second kappa shape index (κ2) is 14.0. The maximum Gasteiger partial charge on any atom is 0.143 e. The molecule has 1 heterocycles. The van der Waals surface area contributed by atoms with Crippen LogP contribution in [0.25, 0.3) is 55.3 Å². The molecule has 10 aromatic rings. The highest BCUT2D eigenvalue weighted by molar-refractivity contribution is 6.09. The predicted molar refractivity (Wildman–Crippen MR) is 268 cm³/mol. The Kier molecular flexibility index (Phi) is 8.40. The maximum absolute atomic E-state index is 6.55. The molecule has 0 radical (unpaired) electrons. The highest BCUT2D eigenvalue weighted by Crippen LogP contribution is 2.62. The van der Waals surface area contributed by atoms with E-state index in [4.69, 9.17) is 4.42 Å². The van der Waals surface area contributed by atoms with Gasteiger partial charge in [-0.2, -0.15) is 0 Å². The van der Waals surface area contributed by atoms with Crippen LogP contribution < -0.4 is 4.90 Å². The molecular weight excluding hydrogens is 775 g/mol. The molecule has 0 bridgehead atoms. The van der Waals surface area contributed by atoms with Gasteiger partial charge < -0.3 is 9.32 Å². The summed E-state index contributed by atoms with van der Waals surface area (Å²) in [6.07, 6.45) is 0. The highest BCUT2D eigenvalue weighted by Gasteiger charge is 2.50. The molecular formula is C62H49NO. The fraction of sp³-hybridized carbons (Fsp3) is 0.129. The summed E-state index contributed by atoms with van der Waals surface area (Å²) >= 11 is 0. The topological polar surface area (TPSA) is 16.4 Å². The Morgan fingerprint density at radius 2 is 1.03 bits per heavy atom. The number of nitrogens with zero attached hydrogens (tertiary/aromatic N) is 1. The summed E-state index contributed by atoms with van der Waals surface area (Å²) in [6.45, 7) is 14.0. The van der Waals surface area contributed by atoms with Crippen LogP contribution >= 0.6 is 0 Å². The van der Waals surface area contributed by atoms with Gasteiger partial charge >= 0.3 is 0 Å². The van der Waals surface area contributed by atoms with Gasteiger partial charge in [-0.25, -0.2) is 0 Å². The highest BCUT2D eigenvalue weighted by atomic mass is 16.3. The minimum atomic E-state index is -0.545. The monoisotopic (exact) mass is 823 g/mol. The fourth-order valence-corrected chi connectivity index (χ4v) is 11.6. The second-order valence-electron chi connectivity index (χ2n) is 18.6. The van der Waals surface area contributed by atoms with E-state index in [0.717, 1.165) is 44.4 Å². The SMILES string of the molecule is Cc1ccc2c(c1C)C(c1ccccc1)(c1ccccc1)c1c(C)c(C)cc(N(c3ccc(-c4cccc5c4oc4ccccc45)cc3)c3ccc4c(c3)C(C)(C)c3ccccc3-4)c1-2. The van der Waals surface area contributed by atoms with Crippen molar-refractivity contribution in [2.45, 2.75) is 52.4 Å². The van der Waals surface area contributed by atoms with Crippen molar-refractivity contribution >= 4 is 39.0 Å². The van der Waals surface area contributed by atoms with Crippen LogP contribution in [0.4, 0.5) is 17.1 Å². The van der Waals surface area contributed by atoms with Crippen LogP contribution in [-0.4, -0.2) is 0 Å². The third-order valence-electron chi connectivity index (χ3n) is 14.9. The van der Waals surface area contributed by atoms with E-state index in [-0.39, 0.29) is 5.41 Å². The molecule has 308 valence electrons. The third-order valence-corrected chi connectivity index (χ3v) is 14.9. The van der Waals surface area contributed by atoms with Gasteiger partial charge in [-0.3, -0.25) is 0 Å². The molecule has 2 aliphatic carbocycles. The third kappa shape index (κ3) is 5.26. The van der Waals surface area contributed by atoms with Gasteiger partial charge in [0.05, 0.1) is 11.1 Å². The van der Waals surface area contributed by atoms with E-state index in [0.29, 0.717) is 0 Å². The molecule has 0 atom stereocenters. The molecule has 0 saturated carbocycles. The number of para-hydroxylation sites is 2. The van der Waals surface area contributed by atoms with E-state index in [1.54, 1.807) is 0 Å². The lowest BCUT2D eigenvalue weighted by molar-refractivity contribution is 0.660. The van der Waals surface area contributed by atoms with Crippen molar-refractivity contribution in [2.24, 2.45) is 0 Å². The summed E-state index contributed by atoms with van der Waals surface area (Å²) in [6, 6.07) is 69.8. The van der Waals surface area contributed by atoms with Crippen molar-refractivity contribution in [3.8, 4) is 33.4 Å². The lowest BCUT2D eigenvalue weighted by atomic mass is 9.65. The number of aryl methyl sites for hydroxylation is 2. The summed E-state index contributed by atoms with van der Waals surface area (Å²) < 4.78 is 6.55. The summed E-state index contributed by atoms with van der Waals surface area (Å²) in [7, 11) is 0. The number of furan rings is 1. The van der Waals surface area contributed by atoms with Crippen LogP contribution in [0, 0.1) is 27.7 Å². The van der Waals surface area contributed by atoms with E-state index in [1.807, 2.05) is 6.07 Å². The molecule has 2 heteroatoms. The Bertz CT molecular complexity index is 3460. The van der Waals surface area contributed by atoms with Crippen LogP contribution in [0.15, 0.2) is 192 Å². The quantitative estimate of drug-likeness (QED) is 0.166. The number of rotatable bonds is 6. The Labute approximate surface area is 376 Å². The van der Waals surface area contributed by atoms with Crippen LogP contribution in [0.3, 0.4) is 0 Å². The lowest BCUT2D eigenvalue weighted by Crippen LogP contribution is -2.30. The molecule has 0 amide bonds. The minimum Gasteiger partial charge on any atom is -0.455 e. The molecule has 2 nitrogen and oxygen atoms in total. The van der Waals surface area contributed by atoms with Gasteiger partial charge in [-0.1, -0.05) is 166 Å². The molecule has 0 fully saturated rings. The number of hydrogen-bond donors (Lipinski definition) is 0. The predicted octanol–water partition coefficient (Wildman–Crippen LogP) is 16.6. The van der Waals surface area contributed by atoms with Gasteiger partial charge in [0.25, 0.3) is 0 Å². The average Bonchev–Trinajstić information content (AvgIpc) is 3.95. The summed E-state index contributed by atoms with van der Waals surface area (Å²) in [4.78, 5) is 2.54. The van der Waals surface area contributed by atoms with E-state index in [1.165, 1.54) is 83.6 Å². The fourth-order valence-electron chi connectivity index (χ4n) is 11.6.